The zero-order valence-electron chi connectivity index (χ0n) is 12.0. The second kappa shape index (κ2) is 7.51. The van der Waals surface area contributed by atoms with Crippen molar-refractivity contribution in [2.45, 2.75) is 39.3 Å². The summed E-state index contributed by atoms with van der Waals surface area (Å²) in [6.45, 7) is 6.35. The molecular formula is C15H22ClNO2. The Morgan fingerprint density at radius 2 is 2.00 bits per heavy atom. The lowest BCUT2D eigenvalue weighted by Crippen LogP contribution is -2.34. The second-order valence-corrected chi connectivity index (χ2v) is 5.13. The highest BCUT2D eigenvalue weighted by molar-refractivity contribution is 6.31. The van der Waals surface area contributed by atoms with Gasteiger partial charge in [-0.1, -0.05) is 29.8 Å². The molecule has 0 radical (unpaired) electrons. The van der Waals surface area contributed by atoms with Crippen LogP contribution in [0.2, 0.25) is 5.02 Å². The van der Waals surface area contributed by atoms with Crippen molar-refractivity contribution in [2.24, 2.45) is 0 Å². The molecule has 2 atom stereocenters. The van der Waals surface area contributed by atoms with E-state index in [0.29, 0.717) is 13.0 Å². The molecule has 0 aliphatic heterocycles. The monoisotopic (exact) mass is 283 g/mol. The summed E-state index contributed by atoms with van der Waals surface area (Å²) in [6.07, 6.45) is 0.388. The van der Waals surface area contributed by atoms with Gasteiger partial charge in [-0.25, -0.2) is 0 Å². The van der Waals surface area contributed by atoms with Crippen molar-refractivity contribution in [3.63, 3.8) is 0 Å². The molecule has 0 bridgehead atoms. The molecule has 0 heterocycles. The zero-order valence-corrected chi connectivity index (χ0v) is 12.8. The molecule has 0 fully saturated rings. The Balaban J connectivity index is 2.69. The van der Waals surface area contributed by atoms with Gasteiger partial charge >= 0.3 is 5.97 Å². The van der Waals surface area contributed by atoms with Gasteiger partial charge in [0.25, 0.3) is 0 Å². The number of hydrogen-bond acceptors (Lipinski definition) is 3. The molecule has 4 heteroatoms. The number of ether oxygens (including phenoxy) is 1. The Kier molecular flexibility index (Phi) is 6.32. The van der Waals surface area contributed by atoms with Crippen molar-refractivity contribution < 1.29 is 9.53 Å². The smallest absolute Gasteiger partial charge is 0.307 e. The Morgan fingerprint density at radius 1 is 1.37 bits per heavy atom. The molecule has 0 aliphatic carbocycles. The molecular weight excluding hydrogens is 262 g/mol. The first kappa shape index (κ1) is 16.0. The molecule has 0 N–H and O–H groups in total. The van der Waals surface area contributed by atoms with Crippen molar-refractivity contribution in [1.82, 2.24) is 4.90 Å². The molecule has 1 aromatic carbocycles. The molecule has 0 spiro atoms. The van der Waals surface area contributed by atoms with Gasteiger partial charge in [-0.15, -0.1) is 0 Å². The average molecular weight is 284 g/mol. The van der Waals surface area contributed by atoms with Crippen molar-refractivity contribution in [1.29, 1.82) is 0 Å². The maximum atomic E-state index is 11.5. The number of rotatable bonds is 6. The minimum atomic E-state index is -0.159. The largest absolute Gasteiger partial charge is 0.466 e. The summed E-state index contributed by atoms with van der Waals surface area (Å²) in [5.74, 6) is -0.159. The van der Waals surface area contributed by atoms with Gasteiger partial charge in [-0.05, 0) is 39.4 Å². The van der Waals surface area contributed by atoms with E-state index in [2.05, 4.69) is 11.8 Å². The predicted molar refractivity (Wildman–Crippen MR) is 78.3 cm³/mol. The Labute approximate surface area is 120 Å². The minimum Gasteiger partial charge on any atom is -0.466 e. The van der Waals surface area contributed by atoms with Crippen LogP contribution >= 0.6 is 11.6 Å². The highest BCUT2D eigenvalue weighted by Gasteiger charge is 2.21. The van der Waals surface area contributed by atoms with E-state index in [4.69, 9.17) is 16.3 Å². The molecule has 1 aromatic rings. The van der Waals surface area contributed by atoms with Gasteiger partial charge in [-0.3, -0.25) is 9.69 Å². The Morgan fingerprint density at radius 3 is 2.58 bits per heavy atom. The normalized spacial score (nSPS) is 14.2. The van der Waals surface area contributed by atoms with Gasteiger partial charge in [0.2, 0.25) is 0 Å². The van der Waals surface area contributed by atoms with E-state index in [9.17, 15) is 4.79 Å². The van der Waals surface area contributed by atoms with E-state index < -0.39 is 0 Å². The number of esters is 1. The summed E-state index contributed by atoms with van der Waals surface area (Å²) < 4.78 is 4.98. The SMILES string of the molecule is CCOC(=O)CC(C)N(C)C(C)c1ccccc1Cl. The fourth-order valence-corrected chi connectivity index (χ4v) is 2.31. The number of carbonyl (C=O) groups is 1. The van der Waals surface area contributed by atoms with Gasteiger partial charge in [0.1, 0.15) is 0 Å². The molecule has 0 saturated carbocycles. The fraction of sp³-hybridized carbons (Fsp3) is 0.533. The lowest BCUT2D eigenvalue weighted by atomic mass is 10.0. The van der Waals surface area contributed by atoms with E-state index in [0.717, 1.165) is 10.6 Å². The second-order valence-electron chi connectivity index (χ2n) is 4.72. The van der Waals surface area contributed by atoms with Crippen molar-refractivity contribution in [2.75, 3.05) is 13.7 Å². The maximum absolute atomic E-state index is 11.5. The van der Waals surface area contributed by atoms with Crippen LogP contribution < -0.4 is 0 Å². The summed E-state index contributed by atoms with van der Waals surface area (Å²) in [5.41, 5.74) is 1.07. The Bertz CT molecular complexity index is 422. The van der Waals surface area contributed by atoms with Crippen molar-refractivity contribution >= 4 is 17.6 Å². The molecule has 106 valence electrons. The standard InChI is InChI=1S/C15H22ClNO2/c1-5-19-15(18)10-11(2)17(4)12(3)13-8-6-7-9-14(13)16/h6-9,11-12H,5,10H2,1-4H3. The van der Waals surface area contributed by atoms with Crippen LogP contribution in [-0.4, -0.2) is 30.6 Å². The Hall–Kier alpha value is -1.06. The van der Waals surface area contributed by atoms with Crippen molar-refractivity contribution in [3.8, 4) is 0 Å². The number of halogens is 1. The summed E-state index contributed by atoms with van der Waals surface area (Å²) in [7, 11) is 2.00. The topological polar surface area (TPSA) is 29.5 Å². The van der Waals surface area contributed by atoms with Crippen LogP contribution in [-0.2, 0) is 9.53 Å². The maximum Gasteiger partial charge on any atom is 0.307 e. The van der Waals surface area contributed by atoms with Gasteiger partial charge in [0, 0.05) is 17.1 Å². The third-order valence-electron chi connectivity index (χ3n) is 3.43. The van der Waals surface area contributed by atoms with Crippen LogP contribution in [0.1, 0.15) is 38.8 Å². The fourth-order valence-electron chi connectivity index (χ4n) is 2.02. The minimum absolute atomic E-state index is 0.102. The molecule has 0 aromatic heterocycles. The van der Waals surface area contributed by atoms with Crippen LogP contribution in [0.15, 0.2) is 24.3 Å². The molecule has 2 unspecified atom stereocenters. The number of nitrogens with zero attached hydrogens (tertiary/aromatic N) is 1. The lowest BCUT2D eigenvalue weighted by Gasteiger charge is -2.31. The van der Waals surface area contributed by atoms with E-state index in [1.165, 1.54) is 0 Å². The summed E-state index contributed by atoms with van der Waals surface area (Å²) in [5, 5.41) is 0.755. The van der Waals surface area contributed by atoms with Gasteiger partial charge < -0.3 is 4.74 Å². The quantitative estimate of drug-likeness (QED) is 0.746. The van der Waals surface area contributed by atoms with Gasteiger partial charge in [0.15, 0.2) is 0 Å². The van der Waals surface area contributed by atoms with Crippen LogP contribution in [0.5, 0.6) is 0 Å². The third-order valence-corrected chi connectivity index (χ3v) is 3.77. The molecule has 0 saturated heterocycles. The summed E-state index contributed by atoms with van der Waals surface area (Å²) in [6, 6.07) is 8.04. The zero-order chi connectivity index (χ0) is 14.4. The summed E-state index contributed by atoms with van der Waals surface area (Å²) in [4.78, 5) is 13.6. The van der Waals surface area contributed by atoms with E-state index in [1.54, 1.807) is 0 Å². The number of carbonyl (C=O) groups excluding carboxylic acids is 1. The van der Waals surface area contributed by atoms with Crippen LogP contribution in [0.3, 0.4) is 0 Å². The highest BCUT2D eigenvalue weighted by Crippen LogP contribution is 2.27. The average Bonchev–Trinajstić information content (AvgIpc) is 2.37. The van der Waals surface area contributed by atoms with Crippen molar-refractivity contribution in [3.05, 3.63) is 34.9 Å². The first-order valence-corrected chi connectivity index (χ1v) is 6.97. The van der Waals surface area contributed by atoms with Gasteiger partial charge in [0.05, 0.1) is 13.0 Å². The first-order valence-electron chi connectivity index (χ1n) is 6.59. The third kappa shape index (κ3) is 4.51. The van der Waals surface area contributed by atoms with Gasteiger partial charge in [-0.2, -0.15) is 0 Å². The van der Waals surface area contributed by atoms with E-state index >= 15 is 0 Å². The highest BCUT2D eigenvalue weighted by atomic mass is 35.5. The number of benzene rings is 1. The van der Waals surface area contributed by atoms with Crippen LogP contribution in [0, 0.1) is 0 Å². The first-order chi connectivity index (χ1) is 8.97. The molecule has 0 aliphatic rings. The molecule has 0 amide bonds. The van der Waals surface area contributed by atoms with Crippen LogP contribution in [0.25, 0.3) is 0 Å². The summed E-state index contributed by atoms with van der Waals surface area (Å²) >= 11 is 6.21. The van der Waals surface area contributed by atoms with E-state index in [-0.39, 0.29) is 18.1 Å². The molecule has 3 nitrogen and oxygen atoms in total. The van der Waals surface area contributed by atoms with E-state index in [1.807, 2.05) is 45.2 Å². The predicted octanol–water partition coefficient (Wildman–Crippen LogP) is 3.67. The lowest BCUT2D eigenvalue weighted by molar-refractivity contribution is -0.144. The van der Waals surface area contributed by atoms with Crippen LogP contribution in [0.4, 0.5) is 0 Å². The molecule has 19 heavy (non-hydrogen) atoms. The molecule has 1 rings (SSSR count). The number of hydrogen-bond donors (Lipinski definition) is 0.